The largest absolute Gasteiger partial charge is 0.295 e. The molecule has 0 aliphatic carbocycles. The Bertz CT molecular complexity index is 670. The summed E-state index contributed by atoms with van der Waals surface area (Å²) in [5.74, 6) is -1.94. The summed E-state index contributed by atoms with van der Waals surface area (Å²) in [6, 6.07) is 3.98. The van der Waals surface area contributed by atoms with Crippen LogP contribution in [0.4, 0.5) is 0 Å². The van der Waals surface area contributed by atoms with Crippen molar-refractivity contribution in [1.29, 1.82) is 0 Å². The van der Waals surface area contributed by atoms with E-state index in [0.29, 0.717) is 11.1 Å². The maximum absolute atomic E-state index is 12.3. The predicted molar refractivity (Wildman–Crippen MR) is 72.5 cm³/mol. The van der Waals surface area contributed by atoms with E-state index in [4.69, 9.17) is 0 Å². The minimum absolute atomic E-state index is 0.124. The molecule has 2 heterocycles. The number of carbonyl (C=O) groups is 4. The number of fused-ring (bicyclic) bond motifs is 1. The molecule has 7 heteroatoms. The molecule has 102 valence electrons. The molecule has 2 unspecified atom stereocenters. The van der Waals surface area contributed by atoms with Gasteiger partial charge in [-0.2, -0.15) is 0 Å². The van der Waals surface area contributed by atoms with Crippen molar-refractivity contribution < 1.29 is 19.2 Å². The Kier molecular flexibility index (Phi) is 2.91. The Morgan fingerprint density at radius 1 is 1.10 bits per heavy atom. The van der Waals surface area contributed by atoms with Crippen molar-refractivity contribution in [3.63, 3.8) is 0 Å². The van der Waals surface area contributed by atoms with E-state index in [9.17, 15) is 19.2 Å². The number of carbonyl (C=O) groups excluding carboxylic acids is 4. The van der Waals surface area contributed by atoms with Gasteiger partial charge in [-0.05, 0) is 23.9 Å². The van der Waals surface area contributed by atoms with Gasteiger partial charge in [0.25, 0.3) is 11.8 Å². The summed E-state index contributed by atoms with van der Waals surface area (Å²) in [5, 5.41) is 2.94. The molecule has 0 spiro atoms. The third-order valence-corrected chi connectivity index (χ3v) is 3.82. The molecule has 0 saturated carbocycles. The summed E-state index contributed by atoms with van der Waals surface area (Å²) >= 11 is 0. The molecule has 2 aliphatic heterocycles. The average molecular weight is 290 g/mol. The fraction of sp³-hybridized carbons (Fsp3) is 0.231. The lowest BCUT2D eigenvalue weighted by atomic mass is 10.0. The van der Waals surface area contributed by atoms with Crippen molar-refractivity contribution in [1.82, 2.24) is 10.2 Å². The van der Waals surface area contributed by atoms with Crippen molar-refractivity contribution >= 4 is 38.2 Å². The Hall–Kier alpha value is -2.07. The van der Waals surface area contributed by atoms with Gasteiger partial charge in [-0.3, -0.25) is 29.4 Å². The lowest BCUT2D eigenvalue weighted by Crippen LogP contribution is -2.54. The van der Waals surface area contributed by atoms with Gasteiger partial charge in [-0.15, -0.1) is 9.24 Å². The van der Waals surface area contributed by atoms with Gasteiger partial charge in [0.05, 0.1) is 11.1 Å². The van der Waals surface area contributed by atoms with E-state index in [1.165, 1.54) is 0 Å². The van der Waals surface area contributed by atoms with Gasteiger partial charge < -0.3 is 0 Å². The van der Waals surface area contributed by atoms with E-state index in [1.54, 1.807) is 18.2 Å². The van der Waals surface area contributed by atoms with Crippen LogP contribution in [-0.4, -0.2) is 34.6 Å². The number of hydrogen-bond donors (Lipinski definition) is 1. The van der Waals surface area contributed by atoms with E-state index in [0.717, 1.165) is 10.2 Å². The first-order chi connectivity index (χ1) is 9.49. The van der Waals surface area contributed by atoms with Crippen LogP contribution < -0.4 is 10.6 Å². The number of imide groups is 2. The first-order valence-electron chi connectivity index (χ1n) is 6.10. The average Bonchev–Trinajstić information content (AvgIpc) is 2.63. The number of nitrogens with zero attached hydrogens (tertiary/aromatic N) is 1. The normalized spacial score (nSPS) is 22.1. The fourth-order valence-electron chi connectivity index (χ4n) is 2.49. The van der Waals surface area contributed by atoms with Crippen LogP contribution in [0.25, 0.3) is 0 Å². The first-order valence-corrected chi connectivity index (χ1v) is 6.68. The quantitative estimate of drug-likeness (QED) is 0.563. The van der Waals surface area contributed by atoms with Crippen molar-refractivity contribution in [2.45, 2.75) is 18.9 Å². The zero-order chi connectivity index (χ0) is 14.4. The Morgan fingerprint density at radius 2 is 1.80 bits per heavy atom. The van der Waals surface area contributed by atoms with Crippen molar-refractivity contribution in [3.05, 3.63) is 29.3 Å². The molecule has 2 aliphatic rings. The Balaban J connectivity index is 1.97. The standard InChI is InChI=1S/C13H11N2O4P/c16-10-4-3-9(11(17)14-10)15-12(18)7-2-1-6(20)5-8(7)13(15)19/h1-2,5,9H,3-4,20H2,(H,14,16,17). The molecule has 3 rings (SSSR count). The number of amides is 4. The second-order valence-corrected chi connectivity index (χ2v) is 5.42. The van der Waals surface area contributed by atoms with Crippen LogP contribution in [0, 0.1) is 0 Å². The smallest absolute Gasteiger partial charge is 0.262 e. The number of nitrogens with one attached hydrogen (secondary N) is 1. The second-order valence-electron chi connectivity index (χ2n) is 4.75. The van der Waals surface area contributed by atoms with Crippen molar-refractivity contribution in [3.8, 4) is 0 Å². The van der Waals surface area contributed by atoms with E-state index in [2.05, 4.69) is 14.6 Å². The van der Waals surface area contributed by atoms with Crippen molar-refractivity contribution in [2.24, 2.45) is 0 Å². The van der Waals surface area contributed by atoms with Gasteiger partial charge in [-0.25, -0.2) is 0 Å². The third-order valence-electron chi connectivity index (χ3n) is 3.46. The van der Waals surface area contributed by atoms with Crippen LogP contribution in [-0.2, 0) is 9.59 Å². The van der Waals surface area contributed by atoms with Gasteiger partial charge >= 0.3 is 0 Å². The second kappa shape index (κ2) is 4.49. The van der Waals surface area contributed by atoms with Gasteiger partial charge in [0, 0.05) is 6.42 Å². The predicted octanol–water partition coefficient (Wildman–Crippen LogP) is -0.412. The molecule has 0 bridgehead atoms. The van der Waals surface area contributed by atoms with Crippen LogP contribution in [0.5, 0.6) is 0 Å². The minimum Gasteiger partial charge on any atom is -0.295 e. The van der Waals surface area contributed by atoms with E-state index < -0.39 is 23.8 Å². The lowest BCUT2D eigenvalue weighted by molar-refractivity contribution is -0.136. The number of piperidine rings is 1. The minimum atomic E-state index is -0.909. The van der Waals surface area contributed by atoms with Gasteiger partial charge in [0.2, 0.25) is 11.8 Å². The summed E-state index contributed by atoms with van der Waals surface area (Å²) < 4.78 is 0. The summed E-state index contributed by atoms with van der Waals surface area (Å²) in [7, 11) is 2.46. The fourth-order valence-corrected chi connectivity index (χ4v) is 2.75. The highest BCUT2D eigenvalue weighted by atomic mass is 31.0. The summed E-state index contributed by atoms with van der Waals surface area (Å²) in [6.45, 7) is 0. The molecular formula is C13H11N2O4P. The summed E-state index contributed by atoms with van der Waals surface area (Å²) in [5.41, 5.74) is 0.595. The molecule has 1 saturated heterocycles. The molecule has 1 aromatic rings. The Morgan fingerprint density at radius 3 is 2.50 bits per heavy atom. The highest BCUT2D eigenvalue weighted by Crippen LogP contribution is 2.27. The molecule has 6 nitrogen and oxygen atoms in total. The number of rotatable bonds is 1. The van der Waals surface area contributed by atoms with Crippen LogP contribution in [0.3, 0.4) is 0 Å². The van der Waals surface area contributed by atoms with Crippen molar-refractivity contribution in [2.75, 3.05) is 0 Å². The molecule has 0 radical (unpaired) electrons. The molecule has 1 aromatic carbocycles. The van der Waals surface area contributed by atoms with E-state index >= 15 is 0 Å². The highest BCUT2D eigenvalue weighted by Gasteiger charge is 2.44. The molecule has 20 heavy (non-hydrogen) atoms. The van der Waals surface area contributed by atoms with Gasteiger partial charge in [0.1, 0.15) is 6.04 Å². The first kappa shape index (κ1) is 12.9. The summed E-state index contributed by atoms with van der Waals surface area (Å²) in [6.07, 6.45) is 0.294. The molecule has 0 aromatic heterocycles. The molecular weight excluding hydrogens is 279 g/mol. The van der Waals surface area contributed by atoms with Crippen LogP contribution in [0.2, 0.25) is 0 Å². The molecule has 2 atom stereocenters. The number of benzene rings is 1. The van der Waals surface area contributed by atoms with E-state index in [-0.39, 0.29) is 18.7 Å². The highest BCUT2D eigenvalue weighted by molar-refractivity contribution is 7.27. The maximum Gasteiger partial charge on any atom is 0.262 e. The topological polar surface area (TPSA) is 83.6 Å². The molecule has 1 N–H and O–H groups in total. The molecule has 4 amide bonds. The monoisotopic (exact) mass is 290 g/mol. The third kappa shape index (κ3) is 1.84. The zero-order valence-corrected chi connectivity index (χ0v) is 11.5. The van der Waals surface area contributed by atoms with Crippen LogP contribution >= 0.6 is 9.24 Å². The summed E-state index contributed by atoms with van der Waals surface area (Å²) in [4.78, 5) is 48.5. The number of hydrogen-bond acceptors (Lipinski definition) is 4. The zero-order valence-electron chi connectivity index (χ0n) is 10.4. The lowest BCUT2D eigenvalue weighted by Gasteiger charge is -2.27. The van der Waals surface area contributed by atoms with Crippen LogP contribution in [0.15, 0.2) is 18.2 Å². The maximum atomic E-state index is 12.3. The molecule has 1 fully saturated rings. The van der Waals surface area contributed by atoms with Gasteiger partial charge in [0.15, 0.2) is 0 Å². The van der Waals surface area contributed by atoms with Gasteiger partial charge in [-0.1, -0.05) is 6.07 Å². The SMILES string of the molecule is O=C1CCC(N2C(=O)c3ccc(P)cc3C2=O)C(=O)N1. The van der Waals surface area contributed by atoms with E-state index in [1.807, 2.05) is 0 Å². The van der Waals surface area contributed by atoms with Crippen LogP contribution in [0.1, 0.15) is 33.6 Å². The Labute approximate surface area is 116 Å².